The molecule has 0 spiro atoms. The third-order valence-electron chi connectivity index (χ3n) is 3.07. The molecule has 1 fully saturated rings. The first-order valence-corrected chi connectivity index (χ1v) is 6.02. The van der Waals surface area contributed by atoms with Crippen LogP contribution in [-0.2, 0) is 4.74 Å². The number of ether oxygens (including phenoxy) is 1. The normalized spacial score (nSPS) is 18.8. The molecule has 3 N–H and O–H groups in total. The Bertz CT molecular complexity index is 454. The maximum absolute atomic E-state index is 12.3. The third kappa shape index (κ3) is 3.59. The van der Waals surface area contributed by atoms with Crippen LogP contribution in [0.3, 0.4) is 0 Å². The molecular weight excluding hydrogens is 268 g/mol. The van der Waals surface area contributed by atoms with Crippen LogP contribution in [0.25, 0.3) is 0 Å². The largest absolute Gasteiger partial charge is 0.507 e. The Labute approximate surface area is 118 Å². The van der Waals surface area contributed by atoms with Crippen molar-refractivity contribution in [3.63, 3.8) is 0 Å². The molecule has 0 bridgehead atoms. The minimum atomic E-state index is -0.169. The lowest BCUT2D eigenvalue weighted by molar-refractivity contribution is -0.0168. The van der Waals surface area contributed by atoms with E-state index >= 15 is 0 Å². The number of aromatic hydroxyl groups is 1. The minimum Gasteiger partial charge on any atom is -0.507 e. The number of carbonyl (C=O) groups is 1. The number of nitrogens with zero attached hydrogens (tertiary/aromatic N) is 1. The SMILES string of the molecule is Cc1ccc(O)c(C(=O)N2CCOC(CN)C2)c1.Cl. The first-order chi connectivity index (χ1) is 8.61. The summed E-state index contributed by atoms with van der Waals surface area (Å²) in [6.07, 6.45) is -0.116. The van der Waals surface area contributed by atoms with Crippen LogP contribution in [0, 0.1) is 6.92 Å². The summed E-state index contributed by atoms with van der Waals surface area (Å²) in [5, 5.41) is 9.76. The first-order valence-electron chi connectivity index (χ1n) is 6.02. The molecular formula is C13H19ClN2O3. The number of carbonyl (C=O) groups excluding carboxylic acids is 1. The van der Waals surface area contributed by atoms with Gasteiger partial charge in [-0.15, -0.1) is 12.4 Å². The Morgan fingerprint density at radius 2 is 2.32 bits per heavy atom. The smallest absolute Gasteiger partial charge is 0.257 e. The lowest BCUT2D eigenvalue weighted by Crippen LogP contribution is -2.48. The first kappa shape index (κ1) is 15.8. The number of hydrogen-bond acceptors (Lipinski definition) is 4. The van der Waals surface area contributed by atoms with Gasteiger partial charge >= 0.3 is 0 Å². The van der Waals surface area contributed by atoms with E-state index in [-0.39, 0.29) is 30.2 Å². The molecule has 1 unspecified atom stereocenters. The maximum atomic E-state index is 12.3. The van der Waals surface area contributed by atoms with E-state index in [0.29, 0.717) is 31.8 Å². The standard InChI is InChI=1S/C13H18N2O3.ClH/c1-9-2-3-12(16)11(6-9)13(17)15-4-5-18-10(7-14)8-15;/h2-3,6,10,16H,4-5,7-8,14H2,1H3;1H. The van der Waals surface area contributed by atoms with Crippen LogP contribution in [0.5, 0.6) is 5.75 Å². The van der Waals surface area contributed by atoms with E-state index in [1.807, 2.05) is 6.92 Å². The highest BCUT2D eigenvalue weighted by Crippen LogP contribution is 2.21. The Morgan fingerprint density at radius 1 is 1.58 bits per heavy atom. The summed E-state index contributed by atoms with van der Waals surface area (Å²) in [5.74, 6) is -0.153. The highest BCUT2D eigenvalue weighted by Gasteiger charge is 2.25. The van der Waals surface area contributed by atoms with E-state index in [4.69, 9.17) is 10.5 Å². The van der Waals surface area contributed by atoms with E-state index in [1.165, 1.54) is 0 Å². The lowest BCUT2D eigenvalue weighted by Gasteiger charge is -2.32. The van der Waals surface area contributed by atoms with Crippen molar-refractivity contribution in [1.29, 1.82) is 0 Å². The number of halogens is 1. The van der Waals surface area contributed by atoms with Crippen LogP contribution in [0.1, 0.15) is 15.9 Å². The molecule has 1 atom stereocenters. The minimum absolute atomic E-state index is 0. The fraction of sp³-hybridized carbons (Fsp3) is 0.462. The molecule has 0 radical (unpaired) electrons. The lowest BCUT2D eigenvalue weighted by atomic mass is 10.1. The van der Waals surface area contributed by atoms with Crippen molar-refractivity contribution in [2.75, 3.05) is 26.2 Å². The molecule has 1 heterocycles. The second-order valence-electron chi connectivity index (χ2n) is 4.50. The molecule has 0 aromatic heterocycles. The van der Waals surface area contributed by atoms with E-state index in [0.717, 1.165) is 5.56 Å². The Balaban J connectivity index is 0.00000180. The van der Waals surface area contributed by atoms with Crippen molar-refractivity contribution in [2.45, 2.75) is 13.0 Å². The number of morpholine rings is 1. The number of phenolic OH excluding ortho intramolecular Hbond substituents is 1. The van der Waals surface area contributed by atoms with Gasteiger partial charge in [0.25, 0.3) is 5.91 Å². The van der Waals surface area contributed by atoms with E-state index in [1.54, 1.807) is 23.1 Å². The number of rotatable bonds is 2. The fourth-order valence-corrected chi connectivity index (χ4v) is 2.04. The van der Waals surface area contributed by atoms with Crippen molar-refractivity contribution in [2.24, 2.45) is 5.73 Å². The van der Waals surface area contributed by atoms with Gasteiger partial charge in [-0.3, -0.25) is 4.79 Å². The summed E-state index contributed by atoms with van der Waals surface area (Å²) >= 11 is 0. The number of hydrogen-bond donors (Lipinski definition) is 2. The van der Waals surface area contributed by atoms with Crippen molar-refractivity contribution < 1.29 is 14.6 Å². The maximum Gasteiger partial charge on any atom is 0.257 e. The number of phenols is 1. The van der Waals surface area contributed by atoms with Crippen molar-refractivity contribution >= 4 is 18.3 Å². The van der Waals surface area contributed by atoms with E-state index in [9.17, 15) is 9.90 Å². The second-order valence-corrected chi connectivity index (χ2v) is 4.50. The number of amides is 1. The molecule has 106 valence electrons. The van der Waals surface area contributed by atoms with Crippen LogP contribution in [0.2, 0.25) is 0 Å². The zero-order valence-corrected chi connectivity index (χ0v) is 11.7. The van der Waals surface area contributed by atoms with E-state index < -0.39 is 0 Å². The average molecular weight is 287 g/mol. The van der Waals surface area contributed by atoms with Gasteiger partial charge in [-0.05, 0) is 19.1 Å². The molecule has 19 heavy (non-hydrogen) atoms. The summed E-state index contributed by atoms with van der Waals surface area (Å²) in [6.45, 7) is 3.77. The van der Waals surface area contributed by atoms with Crippen LogP contribution in [0.15, 0.2) is 18.2 Å². The quantitative estimate of drug-likeness (QED) is 0.848. The molecule has 5 nitrogen and oxygen atoms in total. The zero-order valence-electron chi connectivity index (χ0n) is 10.8. The van der Waals surface area contributed by atoms with Gasteiger partial charge in [0.05, 0.1) is 18.3 Å². The molecule has 2 rings (SSSR count). The summed E-state index contributed by atoms with van der Waals surface area (Å²) < 4.78 is 5.42. The average Bonchev–Trinajstić information content (AvgIpc) is 2.41. The fourth-order valence-electron chi connectivity index (χ4n) is 2.04. The van der Waals surface area contributed by atoms with Crippen LogP contribution >= 0.6 is 12.4 Å². The van der Waals surface area contributed by atoms with Gasteiger partial charge in [-0.1, -0.05) is 11.6 Å². The summed E-state index contributed by atoms with van der Waals surface area (Å²) in [7, 11) is 0. The van der Waals surface area contributed by atoms with Gasteiger partial charge in [0.2, 0.25) is 0 Å². The molecule has 0 saturated carbocycles. The highest BCUT2D eigenvalue weighted by molar-refractivity contribution is 5.97. The molecule has 0 aliphatic carbocycles. The molecule has 1 saturated heterocycles. The Morgan fingerprint density at radius 3 is 3.00 bits per heavy atom. The number of nitrogens with two attached hydrogens (primary N) is 1. The van der Waals surface area contributed by atoms with Gasteiger partial charge in [0.1, 0.15) is 5.75 Å². The predicted molar refractivity (Wildman–Crippen MR) is 74.8 cm³/mol. The molecule has 1 amide bonds. The summed E-state index contributed by atoms with van der Waals surface area (Å²) in [6, 6.07) is 5.02. The molecule has 1 aromatic rings. The van der Waals surface area contributed by atoms with E-state index in [2.05, 4.69) is 0 Å². The van der Waals surface area contributed by atoms with Gasteiger partial charge in [0, 0.05) is 19.6 Å². The highest BCUT2D eigenvalue weighted by atomic mass is 35.5. The van der Waals surface area contributed by atoms with Crippen molar-refractivity contribution in [3.8, 4) is 5.75 Å². The van der Waals surface area contributed by atoms with Gasteiger partial charge in [-0.2, -0.15) is 0 Å². The summed E-state index contributed by atoms with van der Waals surface area (Å²) in [4.78, 5) is 14.0. The summed E-state index contributed by atoms with van der Waals surface area (Å²) in [5.41, 5.74) is 6.83. The Kier molecular flexibility index (Phi) is 5.60. The molecule has 6 heteroatoms. The van der Waals surface area contributed by atoms with Crippen molar-refractivity contribution in [3.05, 3.63) is 29.3 Å². The van der Waals surface area contributed by atoms with Gasteiger partial charge in [0.15, 0.2) is 0 Å². The zero-order chi connectivity index (χ0) is 13.1. The van der Waals surface area contributed by atoms with Gasteiger partial charge < -0.3 is 20.5 Å². The molecule has 1 aliphatic heterocycles. The van der Waals surface area contributed by atoms with Gasteiger partial charge in [-0.25, -0.2) is 0 Å². The predicted octanol–water partition coefficient (Wildman–Crippen LogP) is 0.922. The topological polar surface area (TPSA) is 75.8 Å². The number of benzene rings is 1. The van der Waals surface area contributed by atoms with Crippen LogP contribution in [-0.4, -0.2) is 48.3 Å². The van der Waals surface area contributed by atoms with Crippen molar-refractivity contribution in [1.82, 2.24) is 4.90 Å². The second kappa shape index (κ2) is 6.75. The van der Waals surface area contributed by atoms with Crippen LogP contribution < -0.4 is 5.73 Å². The molecule has 1 aromatic carbocycles. The molecule has 1 aliphatic rings. The monoisotopic (exact) mass is 286 g/mol. The Hall–Kier alpha value is -1.30. The number of aryl methyl sites for hydroxylation is 1. The third-order valence-corrected chi connectivity index (χ3v) is 3.07. The van der Waals surface area contributed by atoms with Crippen LogP contribution in [0.4, 0.5) is 0 Å².